The van der Waals surface area contributed by atoms with E-state index < -0.39 is 12.1 Å². The predicted octanol–water partition coefficient (Wildman–Crippen LogP) is 3.81. The van der Waals surface area contributed by atoms with Crippen LogP contribution >= 0.6 is 0 Å². The maximum Gasteiger partial charge on any atom is 0.408 e. The molecule has 0 fully saturated rings. The number of hydrogen-bond donors (Lipinski definition) is 1. The van der Waals surface area contributed by atoms with E-state index in [2.05, 4.69) is 21.5 Å². The quantitative estimate of drug-likeness (QED) is 0.534. The number of rotatable bonds is 6. The van der Waals surface area contributed by atoms with Crippen molar-refractivity contribution in [2.24, 2.45) is 0 Å². The SMILES string of the molecule is N#Cc1cnn2c([C@H](Cc3ccccc3)NC(=O)OCc3ccccc3)ccnc12. The summed E-state index contributed by atoms with van der Waals surface area (Å²) < 4.78 is 7.00. The first-order valence-corrected chi connectivity index (χ1v) is 9.48. The first kappa shape index (κ1) is 19.2. The van der Waals surface area contributed by atoms with E-state index in [9.17, 15) is 10.1 Å². The predicted molar refractivity (Wildman–Crippen MR) is 110 cm³/mol. The Morgan fingerprint density at radius 1 is 1.07 bits per heavy atom. The zero-order chi connectivity index (χ0) is 20.8. The van der Waals surface area contributed by atoms with Crippen molar-refractivity contribution in [1.82, 2.24) is 19.9 Å². The number of nitrogens with zero attached hydrogens (tertiary/aromatic N) is 4. The van der Waals surface area contributed by atoms with Crippen molar-refractivity contribution in [1.29, 1.82) is 5.26 Å². The molecule has 7 heteroatoms. The molecule has 30 heavy (non-hydrogen) atoms. The monoisotopic (exact) mass is 397 g/mol. The average molecular weight is 397 g/mol. The molecule has 2 aromatic heterocycles. The molecule has 0 aliphatic carbocycles. The van der Waals surface area contributed by atoms with Crippen LogP contribution in [-0.4, -0.2) is 20.7 Å². The zero-order valence-electron chi connectivity index (χ0n) is 16.1. The van der Waals surface area contributed by atoms with Gasteiger partial charge < -0.3 is 10.1 Å². The summed E-state index contributed by atoms with van der Waals surface area (Å²) in [5.74, 6) is 0. The van der Waals surface area contributed by atoms with Crippen LogP contribution in [0.25, 0.3) is 5.65 Å². The summed E-state index contributed by atoms with van der Waals surface area (Å²) >= 11 is 0. The molecule has 1 atom stereocenters. The van der Waals surface area contributed by atoms with Gasteiger partial charge in [0, 0.05) is 6.20 Å². The van der Waals surface area contributed by atoms with Gasteiger partial charge in [0.05, 0.1) is 17.9 Å². The van der Waals surface area contributed by atoms with Gasteiger partial charge in [-0.15, -0.1) is 0 Å². The molecule has 7 nitrogen and oxygen atoms in total. The molecular weight excluding hydrogens is 378 g/mol. The molecular formula is C23H19N5O2. The van der Waals surface area contributed by atoms with Gasteiger partial charge >= 0.3 is 6.09 Å². The molecule has 148 valence electrons. The Labute approximate surface area is 173 Å². The lowest BCUT2D eigenvalue weighted by molar-refractivity contribution is 0.135. The number of hydrogen-bond acceptors (Lipinski definition) is 5. The maximum absolute atomic E-state index is 12.6. The smallest absolute Gasteiger partial charge is 0.408 e. The van der Waals surface area contributed by atoms with Crippen LogP contribution in [0.4, 0.5) is 4.79 Å². The highest BCUT2D eigenvalue weighted by molar-refractivity contribution is 5.68. The molecule has 4 rings (SSSR count). The molecule has 4 aromatic rings. The van der Waals surface area contributed by atoms with Crippen molar-refractivity contribution in [3.63, 3.8) is 0 Å². The van der Waals surface area contributed by atoms with Gasteiger partial charge in [-0.05, 0) is 23.6 Å². The highest BCUT2D eigenvalue weighted by atomic mass is 16.5. The highest BCUT2D eigenvalue weighted by Crippen LogP contribution is 2.20. The Balaban J connectivity index is 1.59. The summed E-state index contributed by atoms with van der Waals surface area (Å²) in [6, 6.07) is 22.8. The Hall–Kier alpha value is -4.18. The molecule has 0 saturated carbocycles. The summed E-state index contributed by atoms with van der Waals surface area (Å²) in [7, 11) is 0. The van der Waals surface area contributed by atoms with Crippen LogP contribution < -0.4 is 5.32 Å². The summed E-state index contributed by atoms with van der Waals surface area (Å²) in [5, 5.41) is 16.5. The third kappa shape index (κ3) is 4.28. The normalized spacial score (nSPS) is 11.6. The van der Waals surface area contributed by atoms with E-state index in [1.807, 2.05) is 60.7 Å². The van der Waals surface area contributed by atoms with E-state index in [-0.39, 0.29) is 6.61 Å². The number of fused-ring (bicyclic) bond motifs is 1. The average Bonchev–Trinajstić information content (AvgIpc) is 3.22. The molecule has 0 radical (unpaired) electrons. The second-order valence-electron chi connectivity index (χ2n) is 6.72. The van der Waals surface area contributed by atoms with Crippen molar-refractivity contribution in [3.8, 4) is 6.07 Å². The summed E-state index contributed by atoms with van der Waals surface area (Å²) in [6.45, 7) is 0.177. The van der Waals surface area contributed by atoms with Gasteiger partial charge in [0.1, 0.15) is 18.2 Å². The number of nitrogens with one attached hydrogen (secondary N) is 1. The van der Waals surface area contributed by atoms with Crippen LogP contribution in [0.3, 0.4) is 0 Å². The van der Waals surface area contributed by atoms with Gasteiger partial charge in [0.15, 0.2) is 5.65 Å². The number of benzene rings is 2. The fourth-order valence-electron chi connectivity index (χ4n) is 3.24. The minimum Gasteiger partial charge on any atom is -0.445 e. The molecule has 0 bridgehead atoms. The number of amides is 1. The van der Waals surface area contributed by atoms with Gasteiger partial charge in [-0.25, -0.2) is 14.3 Å². The molecule has 0 spiro atoms. The lowest BCUT2D eigenvalue weighted by Crippen LogP contribution is -2.32. The van der Waals surface area contributed by atoms with Crippen molar-refractivity contribution < 1.29 is 9.53 Å². The van der Waals surface area contributed by atoms with E-state index in [1.165, 1.54) is 6.20 Å². The lowest BCUT2D eigenvalue weighted by Gasteiger charge is -2.20. The molecule has 0 saturated heterocycles. The molecule has 1 N–H and O–H groups in total. The topological polar surface area (TPSA) is 92.3 Å². The molecule has 2 aromatic carbocycles. The minimum atomic E-state index is -0.530. The Bertz CT molecular complexity index is 1180. The van der Waals surface area contributed by atoms with Crippen molar-refractivity contribution >= 4 is 11.7 Å². The standard InChI is InChI=1S/C23H19N5O2/c24-14-19-15-26-28-21(11-12-25-22(19)28)20(13-17-7-3-1-4-8-17)27-23(29)30-16-18-9-5-2-6-10-18/h1-12,15,20H,13,16H2,(H,27,29)/t20-/m0/s1. The lowest BCUT2D eigenvalue weighted by atomic mass is 10.0. The van der Waals surface area contributed by atoms with Crippen LogP contribution in [0.2, 0.25) is 0 Å². The van der Waals surface area contributed by atoms with Crippen molar-refractivity contribution in [3.05, 3.63) is 102 Å². The van der Waals surface area contributed by atoms with Crippen LogP contribution in [0.1, 0.15) is 28.4 Å². The maximum atomic E-state index is 12.6. The summed E-state index contributed by atoms with van der Waals surface area (Å²) in [6.07, 6.45) is 3.08. The molecule has 2 heterocycles. The first-order chi connectivity index (χ1) is 14.7. The third-order valence-corrected chi connectivity index (χ3v) is 4.70. The van der Waals surface area contributed by atoms with E-state index >= 15 is 0 Å². The van der Waals surface area contributed by atoms with Gasteiger partial charge in [0.2, 0.25) is 0 Å². The fourth-order valence-corrected chi connectivity index (χ4v) is 3.24. The number of ether oxygens (including phenoxy) is 1. The Morgan fingerprint density at radius 3 is 2.47 bits per heavy atom. The molecule has 1 amide bonds. The number of carbonyl (C=O) groups excluding carboxylic acids is 1. The van der Waals surface area contributed by atoms with Crippen molar-refractivity contribution in [2.75, 3.05) is 0 Å². The second kappa shape index (κ2) is 8.88. The first-order valence-electron chi connectivity index (χ1n) is 9.48. The zero-order valence-corrected chi connectivity index (χ0v) is 16.1. The Morgan fingerprint density at radius 2 is 1.77 bits per heavy atom. The van der Waals surface area contributed by atoms with Crippen LogP contribution in [0.5, 0.6) is 0 Å². The Kier molecular flexibility index (Phi) is 5.67. The van der Waals surface area contributed by atoms with E-state index in [1.54, 1.807) is 16.8 Å². The highest BCUT2D eigenvalue weighted by Gasteiger charge is 2.21. The molecule has 0 unspecified atom stereocenters. The van der Waals surface area contributed by atoms with Gasteiger partial charge in [0.25, 0.3) is 0 Å². The van der Waals surface area contributed by atoms with E-state index in [4.69, 9.17) is 4.74 Å². The largest absolute Gasteiger partial charge is 0.445 e. The molecule has 0 aliphatic heterocycles. The third-order valence-electron chi connectivity index (χ3n) is 4.70. The fraction of sp³-hybridized carbons (Fsp3) is 0.130. The van der Waals surface area contributed by atoms with Gasteiger partial charge in [-0.1, -0.05) is 60.7 Å². The molecule has 0 aliphatic rings. The van der Waals surface area contributed by atoms with Gasteiger partial charge in [-0.2, -0.15) is 10.4 Å². The number of carbonyl (C=O) groups is 1. The number of aromatic nitrogens is 3. The summed E-state index contributed by atoms with van der Waals surface area (Å²) in [4.78, 5) is 16.8. The van der Waals surface area contributed by atoms with Crippen LogP contribution in [-0.2, 0) is 17.8 Å². The van der Waals surface area contributed by atoms with Gasteiger partial charge in [-0.3, -0.25) is 0 Å². The number of nitriles is 1. The van der Waals surface area contributed by atoms with Crippen LogP contribution in [0, 0.1) is 11.3 Å². The second-order valence-corrected chi connectivity index (χ2v) is 6.72. The summed E-state index contributed by atoms with van der Waals surface area (Å²) in [5.41, 5.74) is 3.49. The van der Waals surface area contributed by atoms with Crippen molar-refractivity contribution in [2.45, 2.75) is 19.1 Å². The minimum absolute atomic E-state index is 0.177. The van der Waals surface area contributed by atoms with E-state index in [0.717, 1.165) is 11.1 Å². The number of alkyl carbamates (subject to hydrolysis) is 1. The van der Waals surface area contributed by atoms with Crippen LogP contribution in [0.15, 0.2) is 79.1 Å². The van der Waals surface area contributed by atoms with E-state index in [0.29, 0.717) is 23.3 Å².